The number of alkyl halides is 6. The van der Waals surface area contributed by atoms with E-state index in [0.29, 0.717) is 25.5 Å². The summed E-state index contributed by atoms with van der Waals surface area (Å²) in [6.07, 6.45) is -8.19. The third-order valence-electron chi connectivity index (χ3n) is 4.45. The average molecular weight is 477 g/mol. The van der Waals surface area contributed by atoms with Crippen LogP contribution in [0.1, 0.15) is 28.8 Å². The summed E-state index contributed by atoms with van der Waals surface area (Å²) in [5.74, 6) is -1.96. The second-order valence-electron chi connectivity index (χ2n) is 6.99. The smallest absolute Gasteiger partial charge is 0.422 e. The number of anilines is 2. The quantitative estimate of drug-likeness (QED) is 0.602. The maximum Gasteiger partial charge on any atom is 0.422 e. The fourth-order valence-corrected chi connectivity index (χ4v) is 2.92. The number of aromatic nitrogens is 1. The van der Waals surface area contributed by atoms with E-state index in [1.54, 1.807) is 0 Å². The van der Waals surface area contributed by atoms with Crippen LogP contribution >= 0.6 is 0 Å². The van der Waals surface area contributed by atoms with Crippen molar-refractivity contribution < 1.29 is 45.4 Å². The largest absolute Gasteiger partial charge is 0.468 e. The van der Waals surface area contributed by atoms with Crippen molar-refractivity contribution in [1.82, 2.24) is 4.98 Å². The first kappa shape index (κ1) is 24.3. The van der Waals surface area contributed by atoms with Crippen LogP contribution < -0.4 is 15.4 Å². The van der Waals surface area contributed by atoms with Gasteiger partial charge in [0.05, 0.1) is 16.8 Å². The lowest BCUT2D eigenvalue weighted by molar-refractivity contribution is -0.154. The Labute approximate surface area is 183 Å². The van der Waals surface area contributed by atoms with Crippen molar-refractivity contribution >= 4 is 23.2 Å². The number of amides is 2. The zero-order valence-corrected chi connectivity index (χ0v) is 16.7. The molecule has 3 rings (SSSR count). The molecule has 7 nitrogen and oxygen atoms in total. The Morgan fingerprint density at radius 2 is 1.85 bits per heavy atom. The molecule has 0 aliphatic carbocycles. The molecule has 33 heavy (non-hydrogen) atoms. The van der Waals surface area contributed by atoms with E-state index in [4.69, 9.17) is 4.74 Å². The van der Waals surface area contributed by atoms with Crippen LogP contribution in [0.4, 0.5) is 37.7 Å². The van der Waals surface area contributed by atoms with Crippen LogP contribution in [0.5, 0.6) is 5.88 Å². The monoisotopic (exact) mass is 477 g/mol. The maximum atomic E-state index is 13.5. The molecule has 1 aromatic carbocycles. The van der Waals surface area contributed by atoms with E-state index < -0.39 is 54.0 Å². The molecule has 13 heteroatoms. The van der Waals surface area contributed by atoms with E-state index in [9.17, 15) is 35.9 Å². The summed E-state index contributed by atoms with van der Waals surface area (Å²) in [4.78, 5) is 28.0. The normalized spacial score (nSPS) is 16.4. The van der Waals surface area contributed by atoms with Crippen molar-refractivity contribution in [2.75, 3.05) is 23.8 Å². The van der Waals surface area contributed by atoms with Crippen molar-refractivity contribution in [2.24, 2.45) is 0 Å². The van der Waals surface area contributed by atoms with Gasteiger partial charge in [-0.05, 0) is 37.1 Å². The van der Waals surface area contributed by atoms with E-state index in [1.807, 2.05) is 0 Å². The Hall–Kier alpha value is -3.35. The SMILES string of the molecule is O=C(Nc1ccc(NC(=O)C2CCCO2)cc1C(F)(F)F)c1ccc(OCC(F)(F)F)nc1. The van der Waals surface area contributed by atoms with Crippen LogP contribution in [0.25, 0.3) is 0 Å². The molecule has 0 bridgehead atoms. The van der Waals surface area contributed by atoms with Gasteiger partial charge in [0.2, 0.25) is 5.88 Å². The molecule has 1 aliphatic rings. The Kier molecular flexibility index (Phi) is 7.10. The highest BCUT2D eigenvalue weighted by Crippen LogP contribution is 2.37. The Bertz CT molecular complexity index is 1000. The molecule has 1 unspecified atom stereocenters. The van der Waals surface area contributed by atoms with Gasteiger partial charge in [0, 0.05) is 24.6 Å². The van der Waals surface area contributed by atoms with Gasteiger partial charge < -0.3 is 20.1 Å². The minimum absolute atomic E-state index is 0.131. The van der Waals surface area contributed by atoms with Gasteiger partial charge in [-0.25, -0.2) is 4.98 Å². The zero-order valence-electron chi connectivity index (χ0n) is 16.7. The molecule has 1 aliphatic heterocycles. The molecule has 1 saturated heterocycles. The molecule has 1 fully saturated rings. The van der Waals surface area contributed by atoms with Gasteiger partial charge in [-0.3, -0.25) is 9.59 Å². The Morgan fingerprint density at radius 3 is 2.42 bits per heavy atom. The first-order chi connectivity index (χ1) is 15.4. The molecule has 0 spiro atoms. The number of pyridine rings is 1. The van der Waals surface area contributed by atoms with Crippen LogP contribution in [-0.2, 0) is 15.7 Å². The molecule has 2 N–H and O–H groups in total. The standard InChI is InChI=1S/C20H17F6N3O4/c21-19(22,23)10-33-16-6-3-11(9-27-16)17(30)29-14-5-4-12(8-13(14)20(24,25)26)28-18(31)15-2-1-7-32-15/h3-6,8-9,15H,1-2,7,10H2,(H,28,31)(H,29,30). The van der Waals surface area contributed by atoms with Gasteiger partial charge >= 0.3 is 12.4 Å². The summed E-state index contributed by atoms with van der Waals surface area (Å²) in [7, 11) is 0. The fourth-order valence-electron chi connectivity index (χ4n) is 2.92. The number of halogens is 6. The predicted molar refractivity (Wildman–Crippen MR) is 103 cm³/mol. The van der Waals surface area contributed by atoms with E-state index in [-0.39, 0.29) is 11.3 Å². The Balaban J connectivity index is 1.72. The molecule has 0 saturated carbocycles. The second-order valence-corrected chi connectivity index (χ2v) is 6.99. The zero-order chi connectivity index (χ0) is 24.2. The van der Waals surface area contributed by atoms with Crippen molar-refractivity contribution in [1.29, 1.82) is 0 Å². The first-order valence-corrected chi connectivity index (χ1v) is 9.53. The van der Waals surface area contributed by atoms with Crippen LogP contribution in [0.2, 0.25) is 0 Å². The number of rotatable bonds is 6. The molecule has 2 heterocycles. The minimum Gasteiger partial charge on any atom is -0.468 e. The van der Waals surface area contributed by atoms with Crippen LogP contribution in [-0.4, -0.2) is 42.3 Å². The highest BCUT2D eigenvalue weighted by Gasteiger charge is 2.35. The number of hydrogen-bond acceptors (Lipinski definition) is 5. The molecule has 2 aromatic rings. The van der Waals surface area contributed by atoms with Gasteiger partial charge in [-0.1, -0.05) is 0 Å². The van der Waals surface area contributed by atoms with Crippen molar-refractivity contribution in [3.63, 3.8) is 0 Å². The van der Waals surface area contributed by atoms with Gasteiger partial charge in [0.15, 0.2) is 6.61 Å². The van der Waals surface area contributed by atoms with E-state index in [2.05, 4.69) is 20.4 Å². The first-order valence-electron chi connectivity index (χ1n) is 9.53. The van der Waals surface area contributed by atoms with E-state index in [0.717, 1.165) is 24.4 Å². The molecular weight excluding hydrogens is 460 g/mol. The number of hydrogen-bond donors (Lipinski definition) is 2. The van der Waals surface area contributed by atoms with Gasteiger partial charge in [-0.2, -0.15) is 26.3 Å². The highest BCUT2D eigenvalue weighted by molar-refractivity contribution is 6.04. The lowest BCUT2D eigenvalue weighted by Crippen LogP contribution is -2.27. The Morgan fingerprint density at radius 1 is 1.09 bits per heavy atom. The van der Waals surface area contributed by atoms with Crippen LogP contribution in [0.3, 0.4) is 0 Å². The van der Waals surface area contributed by atoms with Crippen LogP contribution in [0, 0.1) is 0 Å². The number of ether oxygens (including phenoxy) is 2. The summed E-state index contributed by atoms with van der Waals surface area (Å²) >= 11 is 0. The average Bonchev–Trinajstić information content (AvgIpc) is 3.27. The number of benzene rings is 1. The summed E-state index contributed by atoms with van der Waals surface area (Å²) in [6.45, 7) is -1.20. The van der Waals surface area contributed by atoms with Crippen molar-refractivity contribution in [3.8, 4) is 5.88 Å². The lowest BCUT2D eigenvalue weighted by Gasteiger charge is -2.17. The molecule has 0 radical (unpaired) electrons. The minimum atomic E-state index is -4.86. The fraction of sp³-hybridized carbons (Fsp3) is 0.350. The molecular formula is C20H17F6N3O4. The topological polar surface area (TPSA) is 89.6 Å². The number of carbonyl (C=O) groups excluding carboxylic acids is 2. The maximum absolute atomic E-state index is 13.5. The highest BCUT2D eigenvalue weighted by atomic mass is 19.4. The van der Waals surface area contributed by atoms with Crippen LogP contribution in [0.15, 0.2) is 36.5 Å². The van der Waals surface area contributed by atoms with Gasteiger partial charge in [-0.15, -0.1) is 0 Å². The third kappa shape index (κ3) is 6.81. The third-order valence-corrected chi connectivity index (χ3v) is 4.45. The summed E-state index contributed by atoms with van der Waals surface area (Å²) in [6, 6.07) is 4.87. The van der Waals surface area contributed by atoms with E-state index >= 15 is 0 Å². The molecule has 2 amide bonds. The number of carbonyl (C=O) groups is 2. The van der Waals surface area contributed by atoms with Gasteiger partial charge in [0.1, 0.15) is 6.10 Å². The van der Waals surface area contributed by atoms with Gasteiger partial charge in [0.25, 0.3) is 11.8 Å². The van der Waals surface area contributed by atoms with Crippen molar-refractivity contribution in [3.05, 3.63) is 47.7 Å². The summed E-state index contributed by atoms with van der Waals surface area (Å²) in [5, 5.41) is 4.44. The summed E-state index contributed by atoms with van der Waals surface area (Å²) < 4.78 is 86.7. The molecule has 1 atom stereocenters. The second kappa shape index (κ2) is 9.65. The number of nitrogens with zero attached hydrogens (tertiary/aromatic N) is 1. The molecule has 1 aromatic heterocycles. The lowest BCUT2D eigenvalue weighted by atomic mass is 10.1. The van der Waals surface area contributed by atoms with E-state index in [1.165, 1.54) is 6.07 Å². The molecule has 178 valence electrons. The van der Waals surface area contributed by atoms with Crippen molar-refractivity contribution in [2.45, 2.75) is 31.3 Å². The predicted octanol–water partition coefficient (Wildman–Crippen LogP) is 4.41. The summed E-state index contributed by atoms with van der Waals surface area (Å²) in [5.41, 5.74) is -2.13. The number of nitrogens with one attached hydrogen (secondary N) is 2.